The van der Waals surface area contributed by atoms with Gasteiger partial charge in [-0.1, -0.05) is 11.8 Å². The standard InChI is InChI=1S/C8H10O3S/c1-6-3-4-8(11-6)12-5-7(9)10-2/h3-4H,5H2,1-2H3. The monoisotopic (exact) mass is 186 g/mol. The predicted molar refractivity (Wildman–Crippen MR) is 46.2 cm³/mol. The second-order valence-electron chi connectivity index (χ2n) is 2.23. The van der Waals surface area contributed by atoms with Crippen molar-refractivity contribution in [2.75, 3.05) is 12.9 Å². The van der Waals surface area contributed by atoms with Crippen LogP contribution in [-0.2, 0) is 9.53 Å². The zero-order valence-corrected chi connectivity index (χ0v) is 7.81. The van der Waals surface area contributed by atoms with E-state index in [1.165, 1.54) is 18.9 Å². The Morgan fingerprint density at radius 2 is 2.42 bits per heavy atom. The second-order valence-corrected chi connectivity index (χ2v) is 3.21. The van der Waals surface area contributed by atoms with Gasteiger partial charge in [-0.15, -0.1) is 0 Å². The van der Waals surface area contributed by atoms with Crippen molar-refractivity contribution in [3.05, 3.63) is 17.9 Å². The molecule has 1 heterocycles. The number of rotatable bonds is 3. The van der Waals surface area contributed by atoms with Gasteiger partial charge in [0.1, 0.15) is 5.76 Å². The van der Waals surface area contributed by atoms with Gasteiger partial charge in [0.2, 0.25) is 0 Å². The lowest BCUT2D eigenvalue weighted by Crippen LogP contribution is -2.02. The van der Waals surface area contributed by atoms with Crippen LogP contribution in [0.25, 0.3) is 0 Å². The van der Waals surface area contributed by atoms with E-state index in [1.807, 2.05) is 19.1 Å². The molecule has 4 heteroatoms. The Labute approximate surface area is 75.1 Å². The van der Waals surface area contributed by atoms with Crippen LogP contribution in [0.3, 0.4) is 0 Å². The number of hydrogen-bond acceptors (Lipinski definition) is 4. The van der Waals surface area contributed by atoms with Crippen molar-refractivity contribution in [1.29, 1.82) is 0 Å². The molecule has 0 amide bonds. The SMILES string of the molecule is COC(=O)CSc1ccc(C)o1. The maximum absolute atomic E-state index is 10.7. The summed E-state index contributed by atoms with van der Waals surface area (Å²) in [6.45, 7) is 1.86. The van der Waals surface area contributed by atoms with Crippen molar-refractivity contribution >= 4 is 17.7 Å². The number of hydrogen-bond donors (Lipinski definition) is 0. The molecule has 0 aliphatic heterocycles. The van der Waals surface area contributed by atoms with E-state index < -0.39 is 0 Å². The van der Waals surface area contributed by atoms with E-state index in [9.17, 15) is 4.79 Å². The molecule has 0 radical (unpaired) electrons. The number of furan rings is 1. The van der Waals surface area contributed by atoms with Crippen LogP contribution in [0.4, 0.5) is 0 Å². The fourth-order valence-electron chi connectivity index (χ4n) is 0.679. The highest BCUT2D eigenvalue weighted by Gasteiger charge is 2.04. The Balaban J connectivity index is 2.38. The van der Waals surface area contributed by atoms with Crippen molar-refractivity contribution < 1.29 is 13.9 Å². The van der Waals surface area contributed by atoms with Gasteiger partial charge in [-0.25, -0.2) is 0 Å². The summed E-state index contributed by atoms with van der Waals surface area (Å²) in [6, 6.07) is 3.70. The van der Waals surface area contributed by atoms with E-state index in [4.69, 9.17) is 4.42 Å². The maximum atomic E-state index is 10.7. The molecule has 3 nitrogen and oxygen atoms in total. The first-order valence-electron chi connectivity index (χ1n) is 3.48. The summed E-state index contributed by atoms with van der Waals surface area (Å²) in [6.07, 6.45) is 0. The molecule has 1 aromatic heterocycles. The van der Waals surface area contributed by atoms with Crippen molar-refractivity contribution in [1.82, 2.24) is 0 Å². The van der Waals surface area contributed by atoms with E-state index in [0.29, 0.717) is 5.75 Å². The third-order valence-corrected chi connectivity index (χ3v) is 2.16. The van der Waals surface area contributed by atoms with E-state index in [0.717, 1.165) is 10.9 Å². The van der Waals surface area contributed by atoms with Crippen molar-refractivity contribution in [2.24, 2.45) is 0 Å². The first kappa shape index (κ1) is 9.19. The predicted octanol–water partition coefficient (Wildman–Crippen LogP) is 1.85. The van der Waals surface area contributed by atoms with Crippen LogP contribution in [-0.4, -0.2) is 18.8 Å². The molecule has 1 rings (SSSR count). The summed E-state index contributed by atoms with van der Waals surface area (Å²) in [4.78, 5) is 10.7. The van der Waals surface area contributed by atoms with Gasteiger partial charge < -0.3 is 9.15 Å². The molecule has 0 saturated heterocycles. The third-order valence-electron chi connectivity index (χ3n) is 1.28. The van der Waals surface area contributed by atoms with Gasteiger partial charge in [0, 0.05) is 0 Å². The fraction of sp³-hybridized carbons (Fsp3) is 0.375. The van der Waals surface area contributed by atoms with Crippen molar-refractivity contribution in [3.8, 4) is 0 Å². The summed E-state index contributed by atoms with van der Waals surface area (Å²) in [5.41, 5.74) is 0. The minimum atomic E-state index is -0.242. The summed E-state index contributed by atoms with van der Waals surface area (Å²) in [7, 11) is 1.37. The number of ether oxygens (including phenoxy) is 1. The highest BCUT2D eigenvalue weighted by molar-refractivity contribution is 7.99. The Bertz CT molecular complexity index is 267. The number of carbonyl (C=O) groups excluding carboxylic acids is 1. The third kappa shape index (κ3) is 2.62. The number of aryl methyl sites for hydroxylation is 1. The highest BCUT2D eigenvalue weighted by atomic mass is 32.2. The number of carbonyl (C=O) groups is 1. The first-order valence-corrected chi connectivity index (χ1v) is 4.47. The zero-order valence-electron chi connectivity index (χ0n) is 6.99. The summed E-state index contributed by atoms with van der Waals surface area (Å²) in [5, 5.41) is 0.748. The molecule has 0 aromatic carbocycles. The van der Waals surface area contributed by atoms with E-state index in [-0.39, 0.29) is 5.97 Å². The molecule has 0 saturated carbocycles. The van der Waals surface area contributed by atoms with Gasteiger partial charge in [0.05, 0.1) is 12.9 Å². The number of esters is 1. The Kier molecular flexibility index (Phi) is 3.22. The topological polar surface area (TPSA) is 39.4 Å². The second kappa shape index (κ2) is 4.21. The van der Waals surface area contributed by atoms with Crippen molar-refractivity contribution in [3.63, 3.8) is 0 Å². The van der Waals surface area contributed by atoms with Crippen LogP contribution in [0.1, 0.15) is 5.76 Å². The molecule has 12 heavy (non-hydrogen) atoms. The highest BCUT2D eigenvalue weighted by Crippen LogP contribution is 2.20. The number of thioether (sulfide) groups is 1. The fourth-order valence-corrected chi connectivity index (χ4v) is 1.41. The molecular weight excluding hydrogens is 176 g/mol. The van der Waals surface area contributed by atoms with Crippen LogP contribution in [0.2, 0.25) is 0 Å². The van der Waals surface area contributed by atoms with Gasteiger partial charge >= 0.3 is 5.97 Å². The largest absolute Gasteiger partial charge is 0.468 e. The van der Waals surface area contributed by atoms with Gasteiger partial charge in [-0.2, -0.15) is 0 Å². The zero-order chi connectivity index (χ0) is 8.97. The summed E-state index contributed by atoms with van der Waals surface area (Å²) in [5.74, 6) is 0.903. The number of methoxy groups -OCH3 is 1. The lowest BCUT2D eigenvalue weighted by Gasteiger charge is -1.95. The molecule has 0 N–H and O–H groups in total. The van der Waals surface area contributed by atoms with E-state index in [1.54, 1.807) is 0 Å². The average Bonchev–Trinajstić information content (AvgIpc) is 2.47. The molecule has 0 aliphatic carbocycles. The quantitative estimate of drug-likeness (QED) is 0.533. The van der Waals surface area contributed by atoms with Crippen LogP contribution >= 0.6 is 11.8 Å². The lowest BCUT2D eigenvalue weighted by molar-refractivity contribution is -0.137. The lowest BCUT2D eigenvalue weighted by atomic mass is 10.5. The summed E-state index contributed by atoms with van der Waals surface area (Å²) < 4.78 is 9.71. The van der Waals surface area contributed by atoms with Crippen LogP contribution in [0, 0.1) is 6.92 Å². The molecule has 0 unspecified atom stereocenters. The maximum Gasteiger partial charge on any atom is 0.316 e. The smallest absolute Gasteiger partial charge is 0.316 e. The molecule has 0 fully saturated rings. The van der Waals surface area contributed by atoms with Crippen LogP contribution < -0.4 is 0 Å². The molecule has 0 spiro atoms. The molecule has 0 bridgehead atoms. The van der Waals surface area contributed by atoms with E-state index >= 15 is 0 Å². The summed E-state index contributed by atoms with van der Waals surface area (Å²) >= 11 is 1.33. The van der Waals surface area contributed by atoms with Crippen LogP contribution in [0.5, 0.6) is 0 Å². The Morgan fingerprint density at radius 3 is 2.92 bits per heavy atom. The molecule has 66 valence electrons. The molecule has 1 aromatic rings. The van der Waals surface area contributed by atoms with E-state index in [2.05, 4.69) is 4.74 Å². The molecule has 0 aliphatic rings. The minimum absolute atomic E-state index is 0.242. The average molecular weight is 186 g/mol. The van der Waals surface area contributed by atoms with Crippen molar-refractivity contribution in [2.45, 2.75) is 12.0 Å². The minimum Gasteiger partial charge on any atom is -0.468 e. The normalized spacial score (nSPS) is 9.83. The van der Waals surface area contributed by atoms with Gasteiger partial charge in [0.15, 0.2) is 5.09 Å². The van der Waals surface area contributed by atoms with Gasteiger partial charge in [-0.05, 0) is 19.1 Å². The molecular formula is C8H10O3S. The first-order chi connectivity index (χ1) is 5.72. The molecule has 0 atom stereocenters. The Hall–Kier alpha value is -0.900. The van der Waals surface area contributed by atoms with Gasteiger partial charge in [-0.3, -0.25) is 4.79 Å². The Morgan fingerprint density at radius 1 is 1.67 bits per heavy atom. The van der Waals surface area contributed by atoms with Crippen LogP contribution in [0.15, 0.2) is 21.6 Å². The van der Waals surface area contributed by atoms with Gasteiger partial charge in [0.25, 0.3) is 0 Å².